The van der Waals surface area contributed by atoms with Crippen LogP contribution in [0.4, 0.5) is 10.5 Å². The first kappa shape index (κ1) is 15.5. The van der Waals surface area contributed by atoms with E-state index in [2.05, 4.69) is 5.10 Å². The van der Waals surface area contributed by atoms with Crippen LogP contribution in [0.1, 0.15) is 33.6 Å². The second kappa shape index (κ2) is 5.83. The fourth-order valence-corrected chi connectivity index (χ4v) is 2.23. The second-order valence-electron chi connectivity index (χ2n) is 6.31. The molecular formula is C14H24N4O3. The fraction of sp³-hybridized carbons (Fsp3) is 0.714. The van der Waals surface area contributed by atoms with Crippen molar-refractivity contribution in [3.05, 3.63) is 6.20 Å². The number of anilines is 1. The Morgan fingerprint density at radius 2 is 2.00 bits per heavy atom. The summed E-state index contributed by atoms with van der Waals surface area (Å²) in [5, 5.41) is 4.05. The maximum absolute atomic E-state index is 12.0. The summed E-state index contributed by atoms with van der Waals surface area (Å²) in [5.74, 6) is 0.589. The van der Waals surface area contributed by atoms with Gasteiger partial charge in [-0.15, -0.1) is 0 Å². The zero-order valence-corrected chi connectivity index (χ0v) is 13.1. The van der Waals surface area contributed by atoms with E-state index in [1.54, 1.807) is 22.8 Å². The van der Waals surface area contributed by atoms with Crippen LogP contribution in [0, 0.1) is 0 Å². The summed E-state index contributed by atoms with van der Waals surface area (Å²) in [7, 11) is 1.79. The van der Waals surface area contributed by atoms with Crippen LogP contribution in [0.2, 0.25) is 0 Å². The molecule has 0 radical (unpaired) electrons. The molecule has 7 nitrogen and oxygen atoms in total. The number of hydrogen-bond acceptors (Lipinski definition) is 5. The lowest BCUT2D eigenvalue weighted by molar-refractivity contribution is 0.0120. The highest BCUT2D eigenvalue weighted by atomic mass is 16.6. The van der Waals surface area contributed by atoms with Crippen LogP contribution in [0.15, 0.2) is 6.20 Å². The van der Waals surface area contributed by atoms with E-state index in [0.717, 1.165) is 12.8 Å². The van der Waals surface area contributed by atoms with Gasteiger partial charge in [0, 0.05) is 33.0 Å². The van der Waals surface area contributed by atoms with Gasteiger partial charge in [-0.25, -0.2) is 9.48 Å². The number of piperidine rings is 1. The Kier molecular flexibility index (Phi) is 4.29. The molecule has 0 unspecified atom stereocenters. The molecule has 0 saturated carbocycles. The molecule has 0 bridgehead atoms. The minimum Gasteiger partial charge on any atom is -0.473 e. The summed E-state index contributed by atoms with van der Waals surface area (Å²) < 4.78 is 12.9. The average molecular weight is 296 g/mol. The van der Waals surface area contributed by atoms with Crippen LogP contribution >= 0.6 is 0 Å². The molecule has 1 aliphatic heterocycles. The minimum absolute atomic E-state index is 0.0430. The lowest BCUT2D eigenvalue weighted by Gasteiger charge is -2.33. The lowest BCUT2D eigenvalue weighted by atomic mass is 10.1. The number of aromatic nitrogens is 2. The second-order valence-corrected chi connectivity index (χ2v) is 6.31. The zero-order chi connectivity index (χ0) is 15.6. The van der Waals surface area contributed by atoms with Crippen LogP contribution in [0.5, 0.6) is 5.88 Å². The molecule has 118 valence electrons. The number of carbonyl (C=O) groups is 1. The number of nitrogens with zero attached hydrogens (tertiary/aromatic N) is 3. The fourth-order valence-electron chi connectivity index (χ4n) is 2.23. The van der Waals surface area contributed by atoms with Crippen molar-refractivity contribution in [1.29, 1.82) is 0 Å². The monoisotopic (exact) mass is 296 g/mol. The summed E-state index contributed by atoms with van der Waals surface area (Å²) in [6.45, 7) is 6.85. The Morgan fingerprint density at radius 1 is 1.38 bits per heavy atom. The van der Waals surface area contributed by atoms with E-state index in [-0.39, 0.29) is 12.2 Å². The number of hydrogen-bond donors (Lipinski definition) is 1. The van der Waals surface area contributed by atoms with Crippen LogP contribution in [0.25, 0.3) is 0 Å². The highest BCUT2D eigenvalue weighted by Gasteiger charge is 2.28. The number of nitrogens with two attached hydrogens (primary N) is 1. The average Bonchev–Trinajstić information content (AvgIpc) is 2.69. The number of rotatable bonds is 2. The van der Waals surface area contributed by atoms with Crippen molar-refractivity contribution >= 4 is 11.8 Å². The topological polar surface area (TPSA) is 82.6 Å². The highest BCUT2D eigenvalue weighted by molar-refractivity contribution is 5.68. The molecule has 1 amide bonds. The Balaban J connectivity index is 1.85. The summed E-state index contributed by atoms with van der Waals surface area (Å²) in [5.41, 5.74) is 5.88. The molecule has 1 saturated heterocycles. The van der Waals surface area contributed by atoms with Gasteiger partial charge in [-0.3, -0.25) is 0 Å². The van der Waals surface area contributed by atoms with E-state index >= 15 is 0 Å². The van der Waals surface area contributed by atoms with Gasteiger partial charge in [-0.2, -0.15) is 5.10 Å². The number of likely N-dealkylation sites (tertiary alicyclic amines) is 1. The van der Waals surface area contributed by atoms with E-state index in [1.165, 1.54) is 0 Å². The molecule has 21 heavy (non-hydrogen) atoms. The van der Waals surface area contributed by atoms with Crippen molar-refractivity contribution in [2.45, 2.75) is 45.3 Å². The predicted molar refractivity (Wildman–Crippen MR) is 79.1 cm³/mol. The first-order chi connectivity index (χ1) is 9.76. The summed E-state index contributed by atoms with van der Waals surface area (Å²) in [6.07, 6.45) is 2.86. The maximum atomic E-state index is 12.0. The molecule has 0 aromatic carbocycles. The van der Waals surface area contributed by atoms with Crippen molar-refractivity contribution in [2.24, 2.45) is 7.05 Å². The van der Waals surface area contributed by atoms with Gasteiger partial charge in [0.2, 0.25) is 5.88 Å². The quantitative estimate of drug-likeness (QED) is 0.899. The zero-order valence-electron chi connectivity index (χ0n) is 13.1. The number of nitrogen functional groups attached to an aromatic ring is 1. The van der Waals surface area contributed by atoms with Crippen molar-refractivity contribution < 1.29 is 14.3 Å². The maximum Gasteiger partial charge on any atom is 0.410 e. The van der Waals surface area contributed by atoms with Gasteiger partial charge < -0.3 is 20.1 Å². The van der Waals surface area contributed by atoms with E-state index in [9.17, 15) is 4.79 Å². The standard InChI is InChI=1S/C14H24N4O3/c1-14(2,3)21-13(19)18-7-5-10(6-8-18)20-12-11(15)9-16-17(12)4/h9-10H,5-8,15H2,1-4H3. The largest absolute Gasteiger partial charge is 0.473 e. The smallest absolute Gasteiger partial charge is 0.410 e. The van der Waals surface area contributed by atoms with Crippen molar-refractivity contribution in [2.75, 3.05) is 18.8 Å². The van der Waals surface area contributed by atoms with Crippen molar-refractivity contribution in [3.63, 3.8) is 0 Å². The van der Waals surface area contributed by atoms with Crippen LogP contribution in [-0.4, -0.2) is 45.6 Å². The molecule has 2 heterocycles. The van der Waals surface area contributed by atoms with Crippen molar-refractivity contribution in [1.82, 2.24) is 14.7 Å². The molecule has 1 aromatic heterocycles. The van der Waals surface area contributed by atoms with Crippen molar-refractivity contribution in [3.8, 4) is 5.88 Å². The van der Waals surface area contributed by atoms with Crippen LogP contribution in [0.3, 0.4) is 0 Å². The number of ether oxygens (including phenoxy) is 2. The Bertz CT molecular complexity index is 479. The van der Waals surface area contributed by atoms with E-state index in [4.69, 9.17) is 15.2 Å². The number of carbonyl (C=O) groups excluding carboxylic acids is 1. The summed E-state index contributed by atoms with van der Waals surface area (Å²) in [6, 6.07) is 0. The molecule has 0 aliphatic carbocycles. The van der Waals surface area contributed by atoms with Gasteiger partial charge in [0.1, 0.15) is 17.4 Å². The summed E-state index contributed by atoms with van der Waals surface area (Å²) in [4.78, 5) is 13.7. The molecule has 2 N–H and O–H groups in total. The molecule has 1 fully saturated rings. The Morgan fingerprint density at radius 3 is 2.48 bits per heavy atom. The SMILES string of the molecule is Cn1ncc(N)c1OC1CCN(C(=O)OC(C)(C)C)CC1. The Hall–Kier alpha value is -1.92. The predicted octanol–water partition coefficient (Wildman–Crippen LogP) is 1.78. The van der Waals surface area contributed by atoms with E-state index < -0.39 is 5.60 Å². The first-order valence-electron chi connectivity index (χ1n) is 7.18. The Labute approximate surface area is 125 Å². The summed E-state index contributed by atoms with van der Waals surface area (Å²) >= 11 is 0. The third-order valence-corrected chi connectivity index (χ3v) is 3.28. The molecule has 0 spiro atoms. The molecule has 0 atom stereocenters. The normalized spacial score (nSPS) is 16.9. The van der Waals surface area contributed by atoms with Gasteiger partial charge in [0.05, 0.1) is 6.20 Å². The van der Waals surface area contributed by atoms with E-state index in [0.29, 0.717) is 24.7 Å². The first-order valence-corrected chi connectivity index (χ1v) is 7.18. The highest BCUT2D eigenvalue weighted by Crippen LogP contribution is 2.24. The van der Waals surface area contributed by atoms with Gasteiger partial charge in [-0.1, -0.05) is 0 Å². The molecule has 2 rings (SSSR count). The number of amides is 1. The van der Waals surface area contributed by atoms with Crippen LogP contribution < -0.4 is 10.5 Å². The lowest BCUT2D eigenvalue weighted by Crippen LogP contribution is -2.44. The van der Waals surface area contributed by atoms with Crippen LogP contribution in [-0.2, 0) is 11.8 Å². The number of aryl methyl sites for hydroxylation is 1. The minimum atomic E-state index is -0.465. The third kappa shape index (κ3) is 4.03. The van der Waals surface area contributed by atoms with Gasteiger partial charge in [-0.05, 0) is 20.8 Å². The molecule has 1 aromatic rings. The third-order valence-electron chi connectivity index (χ3n) is 3.28. The molecule has 1 aliphatic rings. The van der Waals surface area contributed by atoms with Gasteiger partial charge in [0.15, 0.2) is 0 Å². The molecule has 7 heteroatoms. The van der Waals surface area contributed by atoms with E-state index in [1.807, 2.05) is 20.8 Å². The van der Waals surface area contributed by atoms with Gasteiger partial charge >= 0.3 is 6.09 Å². The molecular weight excluding hydrogens is 272 g/mol. The van der Waals surface area contributed by atoms with Gasteiger partial charge in [0.25, 0.3) is 0 Å².